The molecule has 0 amide bonds. The smallest absolute Gasteiger partial charge is 0.123 e. The predicted octanol–water partition coefficient (Wildman–Crippen LogP) is 3.93. The second kappa shape index (κ2) is 5.94. The predicted molar refractivity (Wildman–Crippen MR) is 79.9 cm³/mol. The number of rotatable bonds is 5. The molecule has 2 aromatic rings. The minimum absolute atomic E-state index is 0.0980. The highest BCUT2D eigenvalue weighted by Crippen LogP contribution is 2.29. The minimum atomic E-state index is -0.189. The number of halogens is 1. The van der Waals surface area contributed by atoms with Gasteiger partial charge in [-0.25, -0.2) is 4.39 Å². The van der Waals surface area contributed by atoms with Gasteiger partial charge in [0.25, 0.3) is 0 Å². The SMILES string of the molecule is CCC(NCC1Cc2cc(F)ccc2O1)c1cccs1. The Morgan fingerprint density at radius 3 is 3.10 bits per heavy atom. The molecular weight excluding hydrogens is 273 g/mol. The summed E-state index contributed by atoms with van der Waals surface area (Å²) in [5.74, 6) is 0.633. The zero-order valence-electron chi connectivity index (χ0n) is 11.4. The molecule has 0 spiro atoms. The van der Waals surface area contributed by atoms with Gasteiger partial charge in [0, 0.05) is 29.4 Å². The van der Waals surface area contributed by atoms with Crippen LogP contribution in [0.1, 0.15) is 29.8 Å². The summed E-state index contributed by atoms with van der Waals surface area (Å²) >= 11 is 1.77. The Morgan fingerprint density at radius 1 is 1.45 bits per heavy atom. The fourth-order valence-corrected chi connectivity index (χ4v) is 3.50. The number of fused-ring (bicyclic) bond motifs is 1. The Kier molecular flexibility index (Phi) is 4.03. The van der Waals surface area contributed by atoms with Crippen LogP contribution in [0.4, 0.5) is 4.39 Å². The molecule has 3 rings (SSSR count). The molecule has 0 saturated carbocycles. The van der Waals surface area contributed by atoms with E-state index in [1.54, 1.807) is 23.5 Å². The summed E-state index contributed by atoms with van der Waals surface area (Å²) < 4.78 is 19.0. The van der Waals surface area contributed by atoms with E-state index in [9.17, 15) is 4.39 Å². The van der Waals surface area contributed by atoms with Gasteiger partial charge in [0.05, 0.1) is 0 Å². The average Bonchev–Trinajstić information content (AvgIpc) is 3.08. The topological polar surface area (TPSA) is 21.3 Å². The van der Waals surface area contributed by atoms with Gasteiger partial charge in [0.15, 0.2) is 0 Å². The first kappa shape index (κ1) is 13.6. The van der Waals surface area contributed by atoms with Gasteiger partial charge in [-0.15, -0.1) is 11.3 Å². The van der Waals surface area contributed by atoms with Crippen LogP contribution in [0.2, 0.25) is 0 Å². The van der Waals surface area contributed by atoms with E-state index in [4.69, 9.17) is 4.74 Å². The van der Waals surface area contributed by atoms with Crippen molar-refractivity contribution < 1.29 is 9.13 Å². The lowest BCUT2D eigenvalue weighted by Crippen LogP contribution is -2.32. The zero-order chi connectivity index (χ0) is 13.9. The molecule has 1 aliphatic heterocycles. The Balaban J connectivity index is 1.58. The fourth-order valence-electron chi connectivity index (χ4n) is 2.61. The molecule has 2 unspecified atom stereocenters. The van der Waals surface area contributed by atoms with Gasteiger partial charge < -0.3 is 10.1 Å². The summed E-state index contributed by atoms with van der Waals surface area (Å²) in [7, 11) is 0. The Labute approximate surface area is 122 Å². The van der Waals surface area contributed by atoms with Gasteiger partial charge >= 0.3 is 0 Å². The second-order valence-corrected chi connectivity index (χ2v) is 6.06. The van der Waals surface area contributed by atoms with Crippen LogP contribution in [-0.2, 0) is 6.42 Å². The maximum absolute atomic E-state index is 13.2. The van der Waals surface area contributed by atoms with E-state index in [1.807, 2.05) is 0 Å². The summed E-state index contributed by atoms with van der Waals surface area (Å²) in [6, 6.07) is 9.36. The molecule has 1 aliphatic rings. The van der Waals surface area contributed by atoms with Crippen molar-refractivity contribution >= 4 is 11.3 Å². The van der Waals surface area contributed by atoms with Crippen LogP contribution in [0.15, 0.2) is 35.7 Å². The van der Waals surface area contributed by atoms with Crippen LogP contribution in [-0.4, -0.2) is 12.6 Å². The highest BCUT2D eigenvalue weighted by molar-refractivity contribution is 7.10. The lowest BCUT2D eigenvalue weighted by molar-refractivity contribution is 0.221. The average molecular weight is 291 g/mol. The van der Waals surface area contributed by atoms with Crippen molar-refractivity contribution in [2.24, 2.45) is 0 Å². The number of thiophene rings is 1. The Morgan fingerprint density at radius 2 is 2.35 bits per heavy atom. The maximum atomic E-state index is 13.2. The Bertz CT molecular complexity index is 570. The maximum Gasteiger partial charge on any atom is 0.123 e. The molecule has 106 valence electrons. The highest BCUT2D eigenvalue weighted by atomic mass is 32.1. The van der Waals surface area contributed by atoms with E-state index in [2.05, 4.69) is 29.8 Å². The molecule has 1 aromatic carbocycles. The molecule has 1 N–H and O–H groups in total. The number of nitrogens with one attached hydrogen (secondary N) is 1. The first-order valence-corrected chi connectivity index (χ1v) is 7.86. The van der Waals surface area contributed by atoms with Crippen molar-refractivity contribution in [3.05, 3.63) is 52.0 Å². The standard InChI is InChI=1S/C16H18FNOS/c1-2-14(16-4-3-7-20-16)18-10-13-9-11-8-12(17)5-6-15(11)19-13/h3-8,13-14,18H,2,9-10H2,1H3. The van der Waals surface area contributed by atoms with Crippen molar-refractivity contribution in [1.29, 1.82) is 0 Å². The van der Waals surface area contributed by atoms with Gasteiger partial charge in [0.2, 0.25) is 0 Å². The molecule has 0 fully saturated rings. The van der Waals surface area contributed by atoms with Crippen LogP contribution in [0, 0.1) is 5.82 Å². The lowest BCUT2D eigenvalue weighted by atomic mass is 10.1. The van der Waals surface area contributed by atoms with Crippen LogP contribution in [0.25, 0.3) is 0 Å². The van der Waals surface area contributed by atoms with Crippen LogP contribution < -0.4 is 10.1 Å². The van der Waals surface area contributed by atoms with Crippen molar-refractivity contribution in [1.82, 2.24) is 5.32 Å². The minimum Gasteiger partial charge on any atom is -0.488 e. The molecule has 4 heteroatoms. The molecular formula is C16H18FNOS. The summed E-state index contributed by atoms with van der Waals surface area (Å²) in [6.07, 6.45) is 1.93. The van der Waals surface area contributed by atoms with E-state index in [1.165, 1.54) is 10.9 Å². The van der Waals surface area contributed by atoms with Gasteiger partial charge in [-0.3, -0.25) is 0 Å². The molecule has 0 aliphatic carbocycles. The van der Waals surface area contributed by atoms with Gasteiger partial charge in [0.1, 0.15) is 17.7 Å². The largest absolute Gasteiger partial charge is 0.488 e. The lowest BCUT2D eigenvalue weighted by Gasteiger charge is -2.18. The highest BCUT2D eigenvalue weighted by Gasteiger charge is 2.24. The van der Waals surface area contributed by atoms with E-state index >= 15 is 0 Å². The molecule has 0 bridgehead atoms. The van der Waals surface area contributed by atoms with Gasteiger partial charge in [-0.05, 0) is 36.1 Å². The summed E-state index contributed by atoms with van der Waals surface area (Å²) in [5.41, 5.74) is 0.973. The fraction of sp³-hybridized carbons (Fsp3) is 0.375. The van der Waals surface area contributed by atoms with Crippen molar-refractivity contribution in [3.8, 4) is 5.75 Å². The molecule has 0 saturated heterocycles. The van der Waals surface area contributed by atoms with Crippen molar-refractivity contribution in [3.63, 3.8) is 0 Å². The molecule has 1 aromatic heterocycles. The number of hydrogen-bond donors (Lipinski definition) is 1. The molecule has 2 nitrogen and oxygen atoms in total. The number of benzene rings is 1. The van der Waals surface area contributed by atoms with Gasteiger partial charge in [-0.1, -0.05) is 13.0 Å². The van der Waals surface area contributed by atoms with Crippen molar-refractivity contribution in [2.75, 3.05) is 6.54 Å². The normalized spacial score (nSPS) is 18.6. The van der Waals surface area contributed by atoms with E-state index in [0.717, 1.165) is 30.7 Å². The second-order valence-electron chi connectivity index (χ2n) is 5.08. The zero-order valence-corrected chi connectivity index (χ0v) is 12.3. The summed E-state index contributed by atoms with van der Waals surface area (Å²) in [5, 5.41) is 5.66. The van der Waals surface area contributed by atoms with E-state index in [0.29, 0.717) is 6.04 Å². The third kappa shape index (κ3) is 2.86. The summed E-state index contributed by atoms with van der Waals surface area (Å²) in [4.78, 5) is 1.36. The third-order valence-electron chi connectivity index (χ3n) is 3.65. The van der Waals surface area contributed by atoms with Crippen LogP contribution in [0.3, 0.4) is 0 Å². The first-order valence-electron chi connectivity index (χ1n) is 6.98. The first-order chi connectivity index (χ1) is 9.76. The molecule has 2 heterocycles. The Hall–Kier alpha value is -1.39. The molecule has 0 radical (unpaired) electrons. The van der Waals surface area contributed by atoms with Crippen LogP contribution >= 0.6 is 11.3 Å². The monoisotopic (exact) mass is 291 g/mol. The van der Waals surface area contributed by atoms with Gasteiger partial charge in [-0.2, -0.15) is 0 Å². The van der Waals surface area contributed by atoms with Crippen LogP contribution in [0.5, 0.6) is 5.75 Å². The quantitative estimate of drug-likeness (QED) is 0.901. The van der Waals surface area contributed by atoms with Crippen molar-refractivity contribution in [2.45, 2.75) is 31.9 Å². The van der Waals surface area contributed by atoms with E-state index < -0.39 is 0 Å². The number of ether oxygens (including phenoxy) is 1. The summed E-state index contributed by atoms with van der Waals surface area (Å²) in [6.45, 7) is 2.96. The number of hydrogen-bond acceptors (Lipinski definition) is 3. The molecule has 2 atom stereocenters. The molecule has 20 heavy (non-hydrogen) atoms. The third-order valence-corrected chi connectivity index (χ3v) is 4.64. The van der Waals surface area contributed by atoms with E-state index in [-0.39, 0.29) is 11.9 Å².